The number of hydrogen-bond donors (Lipinski definition) is 2. The Morgan fingerprint density at radius 2 is 1.86 bits per heavy atom. The van der Waals surface area contributed by atoms with Crippen LogP contribution >= 0.6 is 11.6 Å². The zero-order valence-corrected chi connectivity index (χ0v) is 17.8. The van der Waals surface area contributed by atoms with Gasteiger partial charge in [0.05, 0.1) is 18.4 Å². The van der Waals surface area contributed by atoms with E-state index in [-0.39, 0.29) is 11.8 Å². The summed E-state index contributed by atoms with van der Waals surface area (Å²) in [5, 5.41) is 7.54. The van der Waals surface area contributed by atoms with Crippen molar-refractivity contribution < 1.29 is 14.3 Å². The van der Waals surface area contributed by atoms with Crippen molar-refractivity contribution in [1.29, 1.82) is 0 Å². The maximum absolute atomic E-state index is 12.5. The lowest BCUT2D eigenvalue weighted by molar-refractivity contribution is -0.120. The van der Waals surface area contributed by atoms with E-state index in [1.807, 2.05) is 38.1 Å². The van der Waals surface area contributed by atoms with Crippen molar-refractivity contribution in [2.24, 2.45) is 11.0 Å². The number of amides is 2. The molecule has 0 saturated heterocycles. The van der Waals surface area contributed by atoms with Gasteiger partial charge in [-0.3, -0.25) is 9.59 Å². The third-order valence-electron chi connectivity index (χ3n) is 4.64. The van der Waals surface area contributed by atoms with Gasteiger partial charge in [0, 0.05) is 16.6 Å². The fraction of sp³-hybridized carbons (Fsp3) is 0.318. The lowest BCUT2D eigenvalue weighted by Gasteiger charge is -2.13. The van der Waals surface area contributed by atoms with Crippen molar-refractivity contribution in [2.75, 3.05) is 12.4 Å². The summed E-state index contributed by atoms with van der Waals surface area (Å²) < 4.78 is 5.20. The van der Waals surface area contributed by atoms with Crippen molar-refractivity contribution >= 4 is 34.8 Å². The van der Waals surface area contributed by atoms with Crippen molar-refractivity contribution in [2.45, 2.75) is 33.6 Å². The molecule has 0 bridgehead atoms. The minimum atomic E-state index is -0.429. The van der Waals surface area contributed by atoms with Gasteiger partial charge < -0.3 is 10.1 Å². The van der Waals surface area contributed by atoms with E-state index in [1.165, 1.54) is 13.2 Å². The summed E-state index contributed by atoms with van der Waals surface area (Å²) >= 11 is 5.97. The van der Waals surface area contributed by atoms with Crippen LogP contribution in [0, 0.1) is 5.92 Å². The molecule has 0 fully saturated rings. The molecule has 0 saturated carbocycles. The zero-order chi connectivity index (χ0) is 21.4. The number of benzene rings is 2. The molecule has 6 nitrogen and oxygen atoms in total. The SMILES string of the molecule is CCC(CC)C(=O)Nc1cccc(C(C)=NNC(=O)c2cc(Cl)ccc2OC)c1. The molecule has 0 atom stereocenters. The molecule has 0 aromatic heterocycles. The van der Waals surface area contributed by atoms with Gasteiger partial charge in [-0.05, 0) is 55.7 Å². The predicted octanol–water partition coefficient (Wildman–Crippen LogP) is 4.88. The Balaban J connectivity index is 2.13. The smallest absolute Gasteiger partial charge is 0.275 e. The number of nitrogens with zero attached hydrogens (tertiary/aromatic N) is 1. The molecule has 0 aliphatic heterocycles. The second kappa shape index (κ2) is 10.6. The molecule has 0 radical (unpaired) electrons. The van der Waals surface area contributed by atoms with Crippen molar-refractivity contribution in [3.8, 4) is 5.75 Å². The Hall–Kier alpha value is -2.86. The standard InChI is InChI=1S/C22H26ClN3O3/c1-5-15(6-2)21(27)24-18-9-7-8-16(12-18)14(3)25-26-22(28)19-13-17(23)10-11-20(19)29-4/h7-13,15H,5-6H2,1-4H3,(H,24,27)(H,26,28). The number of nitrogens with one attached hydrogen (secondary N) is 2. The van der Waals surface area contributed by atoms with Gasteiger partial charge in [0.2, 0.25) is 5.91 Å². The lowest BCUT2D eigenvalue weighted by Crippen LogP contribution is -2.22. The number of carbonyl (C=O) groups excluding carboxylic acids is 2. The summed E-state index contributed by atoms with van der Waals surface area (Å²) in [6.07, 6.45) is 1.59. The molecular weight excluding hydrogens is 390 g/mol. The van der Waals surface area contributed by atoms with Crippen LogP contribution in [0.1, 0.15) is 49.5 Å². The van der Waals surface area contributed by atoms with E-state index in [0.29, 0.717) is 27.7 Å². The molecule has 0 aliphatic carbocycles. The summed E-state index contributed by atoms with van der Waals surface area (Å²) in [7, 11) is 1.48. The zero-order valence-electron chi connectivity index (χ0n) is 17.1. The van der Waals surface area contributed by atoms with Gasteiger partial charge >= 0.3 is 0 Å². The van der Waals surface area contributed by atoms with E-state index in [4.69, 9.17) is 16.3 Å². The number of rotatable bonds is 8. The minimum Gasteiger partial charge on any atom is -0.496 e. The van der Waals surface area contributed by atoms with Crippen LogP contribution in [-0.4, -0.2) is 24.6 Å². The van der Waals surface area contributed by atoms with E-state index < -0.39 is 5.91 Å². The second-order valence-corrected chi connectivity index (χ2v) is 7.00. The normalized spacial score (nSPS) is 11.3. The Bertz CT molecular complexity index is 908. The molecule has 0 unspecified atom stereocenters. The van der Waals surface area contributed by atoms with Crippen LogP contribution in [-0.2, 0) is 4.79 Å². The average molecular weight is 416 g/mol. The minimum absolute atomic E-state index is 0.00287. The lowest BCUT2D eigenvalue weighted by atomic mass is 10.0. The van der Waals surface area contributed by atoms with E-state index in [2.05, 4.69) is 15.8 Å². The molecule has 154 valence electrons. The Morgan fingerprint density at radius 3 is 2.52 bits per heavy atom. The van der Waals surface area contributed by atoms with Gasteiger partial charge in [0.25, 0.3) is 5.91 Å². The van der Waals surface area contributed by atoms with E-state index in [9.17, 15) is 9.59 Å². The third-order valence-corrected chi connectivity index (χ3v) is 4.87. The Morgan fingerprint density at radius 1 is 1.14 bits per heavy atom. The van der Waals surface area contributed by atoms with Crippen LogP contribution in [0.15, 0.2) is 47.6 Å². The van der Waals surface area contributed by atoms with Gasteiger partial charge in [-0.15, -0.1) is 0 Å². The van der Waals surface area contributed by atoms with Crippen LogP contribution in [0.2, 0.25) is 5.02 Å². The van der Waals surface area contributed by atoms with Crippen LogP contribution in [0.4, 0.5) is 5.69 Å². The summed E-state index contributed by atoms with van der Waals surface area (Å²) in [4.78, 5) is 24.7. The predicted molar refractivity (Wildman–Crippen MR) is 117 cm³/mol. The Labute approximate surface area is 176 Å². The summed E-state index contributed by atoms with van der Waals surface area (Å²) in [6, 6.07) is 12.1. The first kappa shape index (κ1) is 22.4. The molecule has 2 rings (SSSR count). The molecule has 2 aromatic rings. The first-order valence-electron chi connectivity index (χ1n) is 9.49. The van der Waals surface area contributed by atoms with E-state index in [0.717, 1.165) is 18.4 Å². The largest absolute Gasteiger partial charge is 0.496 e. The van der Waals surface area contributed by atoms with Crippen LogP contribution in [0.3, 0.4) is 0 Å². The Kier molecular flexibility index (Phi) is 8.21. The molecule has 0 spiro atoms. The number of anilines is 1. The highest BCUT2D eigenvalue weighted by Crippen LogP contribution is 2.22. The van der Waals surface area contributed by atoms with Gasteiger partial charge in [-0.2, -0.15) is 5.10 Å². The highest BCUT2D eigenvalue weighted by atomic mass is 35.5. The number of hydrogen-bond acceptors (Lipinski definition) is 4. The molecule has 29 heavy (non-hydrogen) atoms. The maximum Gasteiger partial charge on any atom is 0.275 e. The fourth-order valence-corrected chi connectivity index (χ4v) is 3.01. The summed E-state index contributed by atoms with van der Waals surface area (Å²) in [5.41, 5.74) is 4.88. The molecule has 0 heterocycles. The van der Waals surface area contributed by atoms with Gasteiger partial charge in [-0.25, -0.2) is 5.43 Å². The third kappa shape index (κ3) is 6.06. The van der Waals surface area contributed by atoms with Crippen LogP contribution in [0.5, 0.6) is 5.75 Å². The quantitative estimate of drug-likeness (QED) is 0.476. The summed E-state index contributed by atoms with van der Waals surface area (Å²) in [5.74, 6) is -0.0313. The molecule has 0 aliphatic rings. The monoisotopic (exact) mass is 415 g/mol. The van der Waals surface area contributed by atoms with E-state index in [1.54, 1.807) is 19.1 Å². The molecule has 2 aromatic carbocycles. The van der Waals surface area contributed by atoms with Gasteiger partial charge in [-0.1, -0.05) is 37.6 Å². The van der Waals surface area contributed by atoms with Crippen molar-refractivity contribution in [3.63, 3.8) is 0 Å². The number of halogens is 1. The second-order valence-electron chi connectivity index (χ2n) is 6.57. The number of ether oxygens (including phenoxy) is 1. The fourth-order valence-electron chi connectivity index (χ4n) is 2.84. The number of carbonyl (C=O) groups is 2. The molecule has 7 heteroatoms. The molecule has 2 amide bonds. The molecular formula is C22H26ClN3O3. The maximum atomic E-state index is 12.5. The van der Waals surface area contributed by atoms with Gasteiger partial charge in [0.1, 0.15) is 5.75 Å². The van der Waals surface area contributed by atoms with Gasteiger partial charge in [0.15, 0.2) is 0 Å². The number of hydrazone groups is 1. The molecule has 2 N–H and O–H groups in total. The highest BCUT2D eigenvalue weighted by Gasteiger charge is 2.15. The van der Waals surface area contributed by atoms with Crippen LogP contribution in [0.25, 0.3) is 0 Å². The van der Waals surface area contributed by atoms with Crippen molar-refractivity contribution in [3.05, 3.63) is 58.6 Å². The first-order valence-corrected chi connectivity index (χ1v) is 9.86. The highest BCUT2D eigenvalue weighted by molar-refractivity contribution is 6.31. The first-order chi connectivity index (χ1) is 13.9. The average Bonchev–Trinajstić information content (AvgIpc) is 2.72. The summed E-state index contributed by atoms with van der Waals surface area (Å²) in [6.45, 7) is 5.77. The van der Waals surface area contributed by atoms with Crippen molar-refractivity contribution in [1.82, 2.24) is 5.43 Å². The van der Waals surface area contributed by atoms with Crippen LogP contribution < -0.4 is 15.5 Å². The number of methoxy groups -OCH3 is 1. The van der Waals surface area contributed by atoms with E-state index >= 15 is 0 Å². The topological polar surface area (TPSA) is 79.8 Å².